The van der Waals surface area contributed by atoms with Crippen molar-refractivity contribution in [2.24, 2.45) is 0 Å². The molecule has 0 spiro atoms. The Bertz CT molecular complexity index is 1670. The number of nitrogens with one attached hydrogen (secondary N) is 1. The van der Waals surface area contributed by atoms with E-state index in [2.05, 4.69) is 15.0 Å². The number of hydrogen-bond donors (Lipinski definition) is 1. The fourth-order valence-corrected chi connectivity index (χ4v) is 4.38. The Balaban J connectivity index is 1.64. The van der Waals surface area contributed by atoms with E-state index in [1.807, 2.05) is 30.3 Å². The molecule has 9 nitrogen and oxygen atoms in total. The molecule has 0 fully saturated rings. The third-order valence-corrected chi connectivity index (χ3v) is 6.20. The molecule has 2 aromatic heterocycles. The molecule has 0 saturated carbocycles. The first-order valence-corrected chi connectivity index (χ1v) is 11.4. The summed E-state index contributed by atoms with van der Waals surface area (Å²) in [4.78, 5) is 25.3. The van der Waals surface area contributed by atoms with E-state index in [-0.39, 0.29) is 5.56 Å². The molecule has 5 aromatic rings. The van der Waals surface area contributed by atoms with Crippen molar-refractivity contribution in [3.05, 3.63) is 65.1 Å². The monoisotopic (exact) mass is 499 g/mol. The number of pyridine rings is 1. The van der Waals surface area contributed by atoms with Crippen molar-refractivity contribution in [2.75, 3.05) is 35.5 Å². The number of hydrogen-bond acceptors (Lipinski definition) is 8. The highest BCUT2D eigenvalue weighted by atomic mass is 16.5. The van der Waals surface area contributed by atoms with Gasteiger partial charge in [-0.1, -0.05) is 6.07 Å². The SMILES string of the molecule is COc1cc2ccnc(-c3ccc4[nH]c(-c5cc(OC)c(OC)c(OC)c5)nc(=O)c4c3)c2cc1OC. The van der Waals surface area contributed by atoms with Gasteiger partial charge in [0.1, 0.15) is 5.82 Å². The normalized spacial score (nSPS) is 10.9. The Morgan fingerprint density at radius 2 is 1.35 bits per heavy atom. The number of nitrogens with zero attached hydrogens (tertiary/aromatic N) is 2. The van der Waals surface area contributed by atoms with Crippen LogP contribution >= 0.6 is 0 Å². The second-order valence-corrected chi connectivity index (χ2v) is 8.15. The summed E-state index contributed by atoms with van der Waals surface area (Å²) < 4.78 is 27.2. The Labute approximate surface area is 212 Å². The van der Waals surface area contributed by atoms with E-state index < -0.39 is 0 Å². The van der Waals surface area contributed by atoms with Gasteiger partial charge in [-0.15, -0.1) is 0 Å². The minimum Gasteiger partial charge on any atom is -0.493 e. The minimum atomic E-state index is -0.376. The molecule has 9 heteroatoms. The predicted molar refractivity (Wildman–Crippen MR) is 141 cm³/mol. The summed E-state index contributed by atoms with van der Waals surface area (Å²) in [6.07, 6.45) is 1.73. The van der Waals surface area contributed by atoms with Crippen molar-refractivity contribution < 1.29 is 23.7 Å². The zero-order valence-corrected chi connectivity index (χ0v) is 21.0. The molecule has 188 valence electrons. The Kier molecular flexibility index (Phi) is 6.27. The zero-order chi connectivity index (χ0) is 26.1. The summed E-state index contributed by atoms with van der Waals surface area (Å²) in [5.74, 6) is 2.99. The fraction of sp³-hybridized carbons (Fsp3) is 0.179. The number of aromatic amines is 1. The maximum atomic E-state index is 13.2. The summed E-state index contributed by atoms with van der Waals surface area (Å²) >= 11 is 0. The van der Waals surface area contributed by atoms with Gasteiger partial charge in [-0.3, -0.25) is 9.78 Å². The summed E-state index contributed by atoms with van der Waals surface area (Å²) in [6.45, 7) is 0. The lowest BCUT2D eigenvalue weighted by Gasteiger charge is -2.14. The maximum Gasteiger partial charge on any atom is 0.281 e. The first-order valence-electron chi connectivity index (χ1n) is 11.4. The van der Waals surface area contributed by atoms with E-state index in [0.29, 0.717) is 56.7 Å². The van der Waals surface area contributed by atoms with Gasteiger partial charge in [0.15, 0.2) is 23.0 Å². The van der Waals surface area contributed by atoms with Crippen molar-refractivity contribution >= 4 is 21.7 Å². The van der Waals surface area contributed by atoms with Gasteiger partial charge in [0, 0.05) is 22.7 Å². The predicted octanol–water partition coefficient (Wildman–Crippen LogP) is 4.85. The fourth-order valence-electron chi connectivity index (χ4n) is 4.38. The third kappa shape index (κ3) is 4.14. The topological polar surface area (TPSA) is 105 Å². The molecule has 0 aliphatic carbocycles. The number of benzene rings is 3. The molecule has 0 aliphatic rings. The highest BCUT2D eigenvalue weighted by Crippen LogP contribution is 2.41. The van der Waals surface area contributed by atoms with Crippen LogP contribution in [0.3, 0.4) is 0 Å². The zero-order valence-electron chi connectivity index (χ0n) is 21.0. The van der Waals surface area contributed by atoms with Gasteiger partial charge in [0.05, 0.1) is 52.1 Å². The average Bonchev–Trinajstić information content (AvgIpc) is 2.94. The number of ether oxygens (including phenoxy) is 5. The van der Waals surface area contributed by atoms with Gasteiger partial charge in [0.2, 0.25) is 5.75 Å². The summed E-state index contributed by atoms with van der Waals surface area (Å²) in [5.41, 5.74) is 2.37. The molecule has 3 aromatic carbocycles. The molecule has 2 heterocycles. The minimum absolute atomic E-state index is 0.376. The van der Waals surface area contributed by atoms with Crippen LogP contribution in [0.1, 0.15) is 0 Å². The number of fused-ring (bicyclic) bond motifs is 2. The van der Waals surface area contributed by atoms with Crippen molar-refractivity contribution in [1.82, 2.24) is 15.0 Å². The highest BCUT2D eigenvalue weighted by Gasteiger charge is 2.17. The third-order valence-electron chi connectivity index (χ3n) is 6.20. The second kappa shape index (κ2) is 9.69. The molecule has 0 bridgehead atoms. The maximum absolute atomic E-state index is 13.2. The summed E-state index contributed by atoms with van der Waals surface area (Å²) in [5, 5.41) is 2.25. The molecule has 1 N–H and O–H groups in total. The van der Waals surface area contributed by atoms with Gasteiger partial charge >= 0.3 is 0 Å². The lowest BCUT2D eigenvalue weighted by Crippen LogP contribution is -2.10. The van der Waals surface area contributed by atoms with Crippen LogP contribution < -0.4 is 29.2 Å². The molecule has 0 aliphatic heterocycles. The molecule has 5 rings (SSSR count). The standard InChI is InChI=1S/C28H25N3O6/c1-33-21-11-15-8-9-29-25(18(15)14-22(21)34-2)16-6-7-20-19(10-16)28(32)31-27(30-20)17-12-23(35-3)26(37-5)24(13-17)36-4/h6-14H,1-5H3,(H,30,31,32). The molecular weight excluding hydrogens is 474 g/mol. The van der Waals surface area contributed by atoms with Crippen molar-refractivity contribution in [2.45, 2.75) is 0 Å². The Morgan fingerprint density at radius 3 is 2.00 bits per heavy atom. The van der Waals surface area contributed by atoms with Crippen LogP contribution in [0.2, 0.25) is 0 Å². The summed E-state index contributed by atoms with van der Waals surface area (Å²) in [7, 11) is 7.79. The molecule has 0 radical (unpaired) electrons. The molecular formula is C28H25N3O6. The molecule has 37 heavy (non-hydrogen) atoms. The van der Waals surface area contributed by atoms with Gasteiger partial charge < -0.3 is 28.7 Å². The number of H-pyrrole nitrogens is 1. The second-order valence-electron chi connectivity index (χ2n) is 8.15. The Hall–Kier alpha value is -4.79. The number of rotatable bonds is 7. The van der Waals surface area contributed by atoms with E-state index in [9.17, 15) is 4.79 Å². The molecule has 0 amide bonds. The van der Waals surface area contributed by atoms with Gasteiger partial charge in [0.25, 0.3) is 5.56 Å². The summed E-state index contributed by atoms with van der Waals surface area (Å²) in [6, 6.07) is 14.7. The molecule has 0 unspecified atom stereocenters. The van der Waals surface area contributed by atoms with E-state index >= 15 is 0 Å². The van der Waals surface area contributed by atoms with Crippen LogP contribution in [0.5, 0.6) is 28.7 Å². The van der Waals surface area contributed by atoms with E-state index in [1.54, 1.807) is 38.6 Å². The lowest BCUT2D eigenvalue weighted by atomic mass is 10.0. The largest absolute Gasteiger partial charge is 0.493 e. The number of aromatic nitrogens is 3. The Morgan fingerprint density at radius 1 is 0.676 bits per heavy atom. The molecule has 0 atom stereocenters. The first-order chi connectivity index (χ1) is 18.0. The van der Waals surface area contributed by atoms with Crippen LogP contribution in [0.15, 0.2) is 59.5 Å². The molecule has 0 saturated heterocycles. The van der Waals surface area contributed by atoms with Gasteiger partial charge in [-0.25, -0.2) is 0 Å². The van der Waals surface area contributed by atoms with Gasteiger partial charge in [-0.2, -0.15) is 4.98 Å². The number of methoxy groups -OCH3 is 5. The highest BCUT2D eigenvalue weighted by molar-refractivity contribution is 5.98. The van der Waals surface area contributed by atoms with Crippen LogP contribution in [-0.2, 0) is 0 Å². The van der Waals surface area contributed by atoms with Crippen LogP contribution in [0, 0.1) is 0 Å². The van der Waals surface area contributed by atoms with Crippen LogP contribution in [0.25, 0.3) is 44.3 Å². The van der Waals surface area contributed by atoms with Crippen molar-refractivity contribution in [3.8, 4) is 51.4 Å². The smallest absolute Gasteiger partial charge is 0.281 e. The van der Waals surface area contributed by atoms with E-state index in [0.717, 1.165) is 16.3 Å². The first kappa shape index (κ1) is 23.9. The van der Waals surface area contributed by atoms with E-state index in [4.69, 9.17) is 23.7 Å². The van der Waals surface area contributed by atoms with Gasteiger partial charge in [-0.05, 0) is 47.9 Å². The van der Waals surface area contributed by atoms with Crippen molar-refractivity contribution in [1.29, 1.82) is 0 Å². The lowest BCUT2D eigenvalue weighted by molar-refractivity contribution is 0.324. The average molecular weight is 500 g/mol. The van der Waals surface area contributed by atoms with Crippen LogP contribution in [0.4, 0.5) is 0 Å². The van der Waals surface area contributed by atoms with E-state index in [1.165, 1.54) is 21.3 Å². The van der Waals surface area contributed by atoms with Crippen LogP contribution in [-0.4, -0.2) is 50.5 Å². The quantitative estimate of drug-likeness (QED) is 0.339. The van der Waals surface area contributed by atoms with Crippen molar-refractivity contribution in [3.63, 3.8) is 0 Å².